The van der Waals surface area contributed by atoms with Crippen molar-refractivity contribution in [2.45, 2.75) is 45.3 Å². The molecule has 0 bridgehead atoms. The molecular weight excluding hydrogens is 262 g/mol. The Kier molecular flexibility index (Phi) is 4.48. The Morgan fingerprint density at radius 3 is 2.95 bits per heavy atom. The van der Waals surface area contributed by atoms with Crippen LogP contribution >= 0.6 is 11.6 Å². The second-order valence-electron chi connectivity index (χ2n) is 5.14. The molecule has 1 aliphatic heterocycles. The van der Waals surface area contributed by atoms with E-state index in [1.54, 1.807) is 18.2 Å². The number of carbonyl (C=O) groups is 1. The fourth-order valence-corrected chi connectivity index (χ4v) is 2.97. The lowest BCUT2D eigenvalue weighted by Gasteiger charge is -2.28. The van der Waals surface area contributed by atoms with E-state index in [1.807, 2.05) is 18.7 Å². The molecule has 1 saturated heterocycles. The summed E-state index contributed by atoms with van der Waals surface area (Å²) in [5.41, 5.74) is 1.56. The van der Waals surface area contributed by atoms with E-state index in [0.29, 0.717) is 17.0 Å². The monoisotopic (exact) mass is 281 g/mol. The van der Waals surface area contributed by atoms with Crippen LogP contribution < -0.4 is 0 Å². The number of amides is 1. The Morgan fingerprint density at radius 2 is 2.32 bits per heavy atom. The van der Waals surface area contributed by atoms with Crippen LogP contribution in [0.3, 0.4) is 0 Å². The molecule has 2 rings (SSSR count). The minimum Gasteiger partial charge on any atom is -0.391 e. The van der Waals surface area contributed by atoms with Crippen LogP contribution in [0.1, 0.15) is 42.1 Å². The molecule has 3 nitrogen and oxygen atoms in total. The van der Waals surface area contributed by atoms with Gasteiger partial charge in [0, 0.05) is 17.1 Å². The molecule has 0 radical (unpaired) electrons. The maximum absolute atomic E-state index is 12.6. The molecule has 4 heteroatoms. The Bertz CT molecular complexity index is 475. The molecule has 0 saturated carbocycles. The van der Waals surface area contributed by atoms with Crippen LogP contribution in [-0.4, -0.2) is 34.6 Å². The Hall–Kier alpha value is -1.06. The van der Waals surface area contributed by atoms with Crippen LogP contribution in [0.4, 0.5) is 0 Å². The average Bonchev–Trinajstić information content (AvgIpc) is 2.86. The minimum absolute atomic E-state index is 0.00386. The Labute approximate surface area is 119 Å². The van der Waals surface area contributed by atoms with Gasteiger partial charge < -0.3 is 10.0 Å². The highest BCUT2D eigenvalue weighted by Crippen LogP contribution is 2.25. The lowest BCUT2D eigenvalue weighted by atomic mass is 10.0. The van der Waals surface area contributed by atoms with Gasteiger partial charge >= 0.3 is 0 Å². The van der Waals surface area contributed by atoms with Gasteiger partial charge in [-0.2, -0.15) is 0 Å². The third-order valence-corrected chi connectivity index (χ3v) is 4.08. The predicted octanol–water partition coefficient (Wildman–Crippen LogP) is 3.02. The van der Waals surface area contributed by atoms with Crippen molar-refractivity contribution in [3.63, 3.8) is 0 Å². The van der Waals surface area contributed by atoms with Crippen molar-refractivity contribution >= 4 is 17.5 Å². The molecule has 1 aliphatic rings. The van der Waals surface area contributed by atoms with Gasteiger partial charge in [-0.05, 0) is 49.9 Å². The van der Waals surface area contributed by atoms with Gasteiger partial charge in [-0.3, -0.25) is 4.79 Å². The van der Waals surface area contributed by atoms with Crippen molar-refractivity contribution in [1.29, 1.82) is 0 Å². The van der Waals surface area contributed by atoms with Gasteiger partial charge in [-0.15, -0.1) is 0 Å². The largest absolute Gasteiger partial charge is 0.391 e. The first-order chi connectivity index (χ1) is 9.04. The molecule has 1 amide bonds. The highest BCUT2D eigenvalue weighted by Gasteiger charge is 2.33. The van der Waals surface area contributed by atoms with Crippen molar-refractivity contribution in [2.24, 2.45) is 0 Å². The molecule has 1 heterocycles. The van der Waals surface area contributed by atoms with Gasteiger partial charge in [0.2, 0.25) is 0 Å². The SMILES string of the molecule is CCC(O)[C@@H]1CCCN1C(=O)c1ccc(Cl)cc1C. The first-order valence-corrected chi connectivity index (χ1v) is 7.17. The Morgan fingerprint density at radius 1 is 1.58 bits per heavy atom. The standard InChI is InChI=1S/C15H20ClNO2/c1-3-14(18)13-5-4-8-17(13)15(19)12-7-6-11(16)9-10(12)2/h6-7,9,13-14,18H,3-5,8H2,1-2H3/t13-,14?/m0/s1. The van der Waals surface area contributed by atoms with Gasteiger partial charge in [-0.25, -0.2) is 0 Å². The number of rotatable bonds is 3. The molecule has 1 aromatic rings. The van der Waals surface area contributed by atoms with Crippen LogP contribution in [0.25, 0.3) is 0 Å². The molecule has 1 fully saturated rings. The number of hydrogen-bond donors (Lipinski definition) is 1. The van der Waals surface area contributed by atoms with Crippen molar-refractivity contribution in [2.75, 3.05) is 6.54 Å². The molecule has 1 unspecified atom stereocenters. The maximum Gasteiger partial charge on any atom is 0.254 e. The second-order valence-corrected chi connectivity index (χ2v) is 5.58. The number of halogens is 1. The fraction of sp³-hybridized carbons (Fsp3) is 0.533. The van der Waals surface area contributed by atoms with Crippen molar-refractivity contribution in [3.8, 4) is 0 Å². The van der Waals surface area contributed by atoms with E-state index in [0.717, 1.165) is 24.9 Å². The highest BCUT2D eigenvalue weighted by molar-refractivity contribution is 6.30. The minimum atomic E-state index is -0.431. The maximum atomic E-state index is 12.6. The topological polar surface area (TPSA) is 40.5 Å². The molecule has 104 valence electrons. The van der Waals surface area contributed by atoms with E-state index >= 15 is 0 Å². The molecule has 0 aromatic heterocycles. The summed E-state index contributed by atoms with van der Waals surface area (Å²) in [6.45, 7) is 4.56. The number of nitrogens with zero attached hydrogens (tertiary/aromatic N) is 1. The van der Waals surface area contributed by atoms with E-state index in [2.05, 4.69) is 0 Å². The molecule has 0 aliphatic carbocycles. The molecular formula is C15H20ClNO2. The summed E-state index contributed by atoms with van der Waals surface area (Å²) >= 11 is 5.92. The van der Waals surface area contributed by atoms with Crippen molar-refractivity contribution in [1.82, 2.24) is 4.90 Å². The van der Waals surface area contributed by atoms with Gasteiger partial charge in [-0.1, -0.05) is 18.5 Å². The van der Waals surface area contributed by atoms with Crippen molar-refractivity contribution < 1.29 is 9.90 Å². The van der Waals surface area contributed by atoms with Gasteiger partial charge in [0.25, 0.3) is 5.91 Å². The lowest BCUT2D eigenvalue weighted by Crippen LogP contribution is -2.42. The number of hydrogen-bond acceptors (Lipinski definition) is 2. The molecule has 1 N–H and O–H groups in total. The summed E-state index contributed by atoms with van der Waals surface area (Å²) in [5.74, 6) is 0.00386. The number of carbonyl (C=O) groups excluding carboxylic acids is 1. The lowest BCUT2D eigenvalue weighted by molar-refractivity contribution is 0.0478. The predicted molar refractivity (Wildman–Crippen MR) is 76.5 cm³/mol. The zero-order valence-electron chi connectivity index (χ0n) is 11.4. The summed E-state index contributed by atoms with van der Waals surface area (Å²) in [7, 11) is 0. The van der Waals surface area contributed by atoms with Crippen LogP contribution in [0.2, 0.25) is 5.02 Å². The summed E-state index contributed by atoms with van der Waals surface area (Å²) in [6.07, 6.45) is 2.08. The van der Waals surface area contributed by atoms with Crippen LogP contribution in [0, 0.1) is 6.92 Å². The summed E-state index contributed by atoms with van der Waals surface area (Å²) in [6, 6.07) is 5.26. The van der Waals surface area contributed by atoms with E-state index in [-0.39, 0.29) is 11.9 Å². The second kappa shape index (κ2) is 5.93. The fourth-order valence-electron chi connectivity index (χ4n) is 2.74. The summed E-state index contributed by atoms with van der Waals surface area (Å²) in [4.78, 5) is 14.4. The molecule has 0 spiro atoms. The first kappa shape index (κ1) is 14.4. The highest BCUT2D eigenvalue weighted by atomic mass is 35.5. The number of likely N-dealkylation sites (tertiary alicyclic amines) is 1. The quantitative estimate of drug-likeness (QED) is 0.925. The zero-order chi connectivity index (χ0) is 14.0. The molecule has 2 atom stereocenters. The number of aliphatic hydroxyl groups is 1. The third-order valence-electron chi connectivity index (χ3n) is 3.84. The smallest absolute Gasteiger partial charge is 0.254 e. The van der Waals surface area contributed by atoms with E-state index < -0.39 is 6.10 Å². The number of aliphatic hydroxyl groups excluding tert-OH is 1. The van der Waals surface area contributed by atoms with Gasteiger partial charge in [0.15, 0.2) is 0 Å². The normalized spacial score (nSPS) is 20.6. The molecule has 1 aromatic carbocycles. The van der Waals surface area contributed by atoms with Crippen molar-refractivity contribution in [3.05, 3.63) is 34.3 Å². The van der Waals surface area contributed by atoms with E-state index in [9.17, 15) is 9.90 Å². The van der Waals surface area contributed by atoms with E-state index in [4.69, 9.17) is 11.6 Å². The van der Waals surface area contributed by atoms with Crippen LogP contribution in [0.5, 0.6) is 0 Å². The molecule has 19 heavy (non-hydrogen) atoms. The van der Waals surface area contributed by atoms with E-state index in [1.165, 1.54) is 0 Å². The first-order valence-electron chi connectivity index (χ1n) is 6.79. The third kappa shape index (κ3) is 2.93. The average molecular weight is 282 g/mol. The van der Waals surface area contributed by atoms with Crippen LogP contribution in [0.15, 0.2) is 18.2 Å². The van der Waals surface area contributed by atoms with Crippen LogP contribution in [-0.2, 0) is 0 Å². The summed E-state index contributed by atoms with van der Waals surface area (Å²) < 4.78 is 0. The van der Waals surface area contributed by atoms with Gasteiger partial charge in [0.05, 0.1) is 12.1 Å². The summed E-state index contributed by atoms with van der Waals surface area (Å²) in [5, 5.41) is 10.7. The number of benzene rings is 1. The van der Waals surface area contributed by atoms with Gasteiger partial charge in [0.1, 0.15) is 0 Å². The number of aryl methyl sites for hydroxylation is 1. The Balaban J connectivity index is 2.23. The zero-order valence-corrected chi connectivity index (χ0v) is 12.2.